The fourth-order valence-electron chi connectivity index (χ4n) is 5.41. The maximum atomic E-state index is 13.4. The molecule has 0 unspecified atom stereocenters. The van der Waals surface area contributed by atoms with E-state index in [9.17, 15) is 23.1 Å². The summed E-state index contributed by atoms with van der Waals surface area (Å²) in [5.41, 5.74) is -0.0203. The Morgan fingerprint density at radius 2 is 2.03 bits per heavy atom. The van der Waals surface area contributed by atoms with Gasteiger partial charge in [0, 0.05) is 60.3 Å². The molecule has 9 heteroatoms. The number of amides is 1. The van der Waals surface area contributed by atoms with Gasteiger partial charge in [-0.25, -0.2) is 0 Å². The van der Waals surface area contributed by atoms with E-state index in [4.69, 9.17) is 5.26 Å². The number of aromatic amines is 1. The summed E-state index contributed by atoms with van der Waals surface area (Å²) in [5, 5.41) is 20.2. The number of aromatic nitrogens is 1. The Bertz CT molecular complexity index is 1300. The van der Waals surface area contributed by atoms with E-state index in [1.165, 1.54) is 12.1 Å². The summed E-state index contributed by atoms with van der Waals surface area (Å²) in [7, 11) is 0. The molecule has 0 bridgehead atoms. The number of halogens is 3. The van der Waals surface area contributed by atoms with Gasteiger partial charge in [-0.2, -0.15) is 18.4 Å². The summed E-state index contributed by atoms with van der Waals surface area (Å²) in [6, 6.07) is 12.9. The van der Waals surface area contributed by atoms with Crippen LogP contribution in [0.5, 0.6) is 0 Å². The molecule has 3 heterocycles. The van der Waals surface area contributed by atoms with Gasteiger partial charge in [-0.05, 0) is 30.7 Å². The highest BCUT2D eigenvalue weighted by molar-refractivity contribution is 6.06. The standard InChI is InChI=1S/C25H23F3N4O2/c26-25(27,28)21-9-18(6-5-16(21)10-29)31-8-7-24(15-33)14-32(13-17(24)12-31)23(34)20-11-30-22-4-2-1-3-19(20)22/h1-6,9,11,17,30,33H,7-8,12-15H2/t17-,24+/m1/s1. The lowest BCUT2D eigenvalue weighted by molar-refractivity contribution is -0.137. The minimum Gasteiger partial charge on any atom is -0.396 e. The van der Waals surface area contributed by atoms with Gasteiger partial charge in [0.05, 0.1) is 29.4 Å². The first-order valence-corrected chi connectivity index (χ1v) is 11.1. The number of carbonyl (C=O) groups excluding carboxylic acids is 1. The zero-order valence-corrected chi connectivity index (χ0v) is 18.3. The number of nitrogens with zero attached hydrogens (tertiary/aromatic N) is 3. The number of nitriles is 1. The van der Waals surface area contributed by atoms with Gasteiger partial charge >= 0.3 is 6.18 Å². The SMILES string of the molecule is N#Cc1ccc(N2CC[C@@]3(CO)CN(C(=O)c4c[nH]c5ccccc45)C[C@H]3C2)cc1C(F)(F)F. The van der Waals surface area contributed by atoms with Crippen LogP contribution in [0.4, 0.5) is 18.9 Å². The second-order valence-electron chi connectivity index (χ2n) is 9.19. The number of alkyl halides is 3. The Hall–Kier alpha value is -3.51. The van der Waals surface area contributed by atoms with E-state index in [2.05, 4.69) is 4.98 Å². The summed E-state index contributed by atoms with van der Waals surface area (Å²) in [4.78, 5) is 20.1. The molecule has 6 nitrogen and oxygen atoms in total. The first kappa shape index (κ1) is 22.3. The predicted molar refractivity (Wildman–Crippen MR) is 120 cm³/mol. The van der Waals surface area contributed by atoms with Crippen molar-refractivity contribution in [2.24, 2.45) is 11.3 Å². The molecule has 0 radical (unpaired) electrons. The molecule has 5 rings (SSSR count). The van der Waals surface area contributed by atoms with Crippen LogP contribution in [0.1, 0.15) is 27.9 Å². The largest absolute Gasteiger partial charge is 0.417 e. The molecule has 2 aromatic carbocycles. The van der Waals surface area contributed by atoms with E-state index in [1.54, 1.807) is 17.2 Å². The molecule has 1 amide bonds. The van der Waals surface area contributed by atoms with Crippen LogP contribution < -0.4 is 4.90 Å². The lowest BCUT2D eigenvalue weighted by Crippen LogP contribution is -2.49. The third-order valence-corrected chi connectivity index (χ3v) is 7.35. The lowest BCUT2D eigenvalue weighted by Gasteiger charge is -2.43. The van der Waals surface area contributed by atoms with E-state index in [-0.39, 0.29) is 18.4 Å². The number of para-hydroxylation sites is 1. The lowest BCUT2D eigenvalue weighted by atomic mass is 9.73. The van der Waals surface area contributed by atoms with Crippen molar-refractivity contribution in [2.75, 3.05) is 37.7 Å². The van der Waals surface area contributed by atoms with Crippen LogP contribution in [0.3, 0.4) is 0 Å². The Morgan fingerprint density at radius 3 is 2.76 bits per heavy atom. The van der Waals surface area contributed by atoms with Crippen LogP contribution in [0.15, 0.2) is 48.7 Å². The van der Waals surface area contributed by atoms with E-state index >= 15 is 0 Å². The van der Waals surface area contributed by atoms with Crippen molar-refractivity contribution in [3.8, 4) is 6.07 Å². The zero-order valence-electron chi connectivity index (χ0n) is 18.3. The second-order valence-corrected chi connectivity index (χ2v) is 9.19. The van der Waals surface area contributed by atoms with Gasteiger partial charge in [-0.15, -0.1) is 0 Å². The average molecular weight is 468 g/mol. The molecular weight excluding hydrogens is 445 g/mol. The maximum absolute atomic E-state index is 13.4. The summed E-state index contributed by atoms with van der Waals surface area (Å²) >= 11 is 0. The number of hydrogen-bond donors (Lipinski definition) is 2. The number of likely N-dealkylation sites (tertiary alicyclic amines) is 1. The van der Waals surface area contributed by atoms with Crippen molar-refractivity contribution in [3.05, 3.63) is 65.4 Å². The van der Waals surface area contributed by atoms with Crippen LogP contribution in [0.25, 0.3) is 10.9 Å². The topological polar surface area (TPSA) is 83.4 Å². The number of piperidine rings is 1. The number of nitrogens with one attached hydrogen (secondary N) is 1. The van der Waals surface area contributed by atoms with Gasteiger partial charge in [0.2, 0.25) is 0 Å². The fraction of sp³-hybridized carbons (Fsp3) is 0.360. The van der Waals surface area contributed by atoms with E-state index in [0.717, 1.165) is 17.0 Å². The van der Waals surface area contributed by atoms with Crippen LogP contribution in [0.2, 0.25) is 0 Å². The van der Waals surface area contributed by atoms with Gasteiger partial charge in [0.25, 0.3) is 5.91 Å². The molecular formula is C25H23F3N4O2. The number of H-pyrrole nitrogens is 1. The number of carbonyl (C=O) groups is 1. The summed E-state index contributed by atoms with van der Waals surface area (Å²) < 4.78 is 40.3. The van der Waals surface area contributed by atoms with Crippen LogP contribution in [-0.2, 0) is 6.18 Å². The Balaban J connectivity index is 1.40. The molecule has 2 fully saturated rings. The van der Waals surface area contributed by atoms with Crippen molar-refractivity contribution in [3.63, 3.8) is 0 Å². The zero-order chi connectivity index (χ0) is 24.1. The Kier molecular flexibility index (Phi) is 5.29. The van der Waals surface area contributed by atoms with Crippen molar-refractivity contribution < 1.29 is 23.1 Å². The number of benzene rings is 2. The molecule has 0 spiro atoms. The molecule has 2 aliphatic heterocycles. The normalized spacial score (nSPS) is 22.6. The molecule has 2 saturated heterocycles. The highest BCUT2D eigenvalue weighted by Gasteiger charge is 2.50. The Morgan fingerprint density at radius 1 is 1.24 bits per heavy atom. The van der Waals surface area contributed by atoms with Crippen molar-refractivity contribution in [1.82, 2.24) is 9.88 Å². The number of anilines is 1. The van der Waals surface area contributed by atoms with E-state index < -0.39 is 22.7 Å². The molecule has 2 atom stereocenters. The molecule has 2 N–H and O–H groups in total. The second kappa shape index (κ2) is 8.06. The first-order valence-electron chi connectivity index (χ1n) is 11.1. The number of fused-ring (bicyclic) bond motifs is 2. The smallest absolute Gasteiger partial charge is 0.396 e. The monoisotopic (exact) mass is 468 g/mol. The van der Waals surface area contributed by atoms with E-state index in [1.807, 2.05) is 29.2 Å². The highest BCUT2D eigenvalue weighted by atomic mass is 19.4. The van der Waals surface area contributed by atoms with Crippen LogP contribution in [0, 0.1) is 22.7 Å². The molecule has 176 valence electrons. The minimum absolute atomic E-state index is 0.0922. The quantitative estimate of drug-likeness (QED) is 0.608. The minimum atomic E-state index is -4.62. The van der Waals surface area contributed by atoms with Gasteiger partial charge in [0.1, 0.15) is 0 Å². The predicted octanol–water partition coefficient (Wildman–Crippen LogP) is 4.02. The van der Waals surface area contributed by atoms with Crippen molar-refractivity contribution >= 4 is 22.5 Å². The number of aliphatic hydroxyl groups excluding tert-OH is 1. The van der Waals surface area contributed by atoms with Gasteiger partial charge in [0.15, 0.2) is 0 Å². The summed E-state index contributed by atoms with van der Waals surface area (Å²) in [6.07, 6.45) is -2.38. The highest BCUT2D eigenvalue weighted by Crippen LogP contribution is 2.45. The molecule has 1 aromatic heterocycles. The number of aliphatic hydroxyl groups is 1. The van der Waals surface area contributed by atoms with Crippen molar-refractivity contribution in [1.29, 1.82) is 5.26 Å². The van der Waals surface area contributed by atoms with Crippen LogP contribution in [-0.4, -0.2) is 53.7 Å². The number of rotatable bonds is 3. The van der Waals surface area contributed by atoms with Gasteiger partial charge < -0.3 is 19.9 Å². The molecule has 3 aromatic rings. The maximum Gasteiger partial charge on any atom is 0.417 e. The first-order chi connectivity index (χ1) is 16.3. The molecule has 2 aliphatic rings. The van der Waals surface area contributed by atoms with Gasteiger partial charge in [-0.1, -0.05) is 18.2 Å². The van der Waals surface area contributed by atoms with E-state index in [0.29, 0.717) is 43.9 Å². The molecule has 34 heavy (non-hydrogen) atoms. The molecule has 0 saturated carbocycles. The fourth-order valence-corrected chi connectivity index (χ4v) is 5.41. The number of hydrogen-bond acceptors (Lipinski definition) is 4. The summed E-state index contributed by atoms with van der Waals surface area (Å²) in [6.45, 7) is 1.60. The third kappa shape index (κ3) is 3.59. The average Bonchev–Trinajstić information content (AvgIpc) is 3.44. The summed E-state index contributed by atoms with van der Waals surface area (Å²) in [5.74, 6) is -0.214. The van der Waals surface area contributed by atoms with Gasteiger partial charge in [-0.3, -0.25) is 4.79 Å². The Labute approximate surface area is 194 Å². The third-order valence-electron chi connectivity index (χ3n) is 7.35. The van der Waals surface area contributed by atoms with Crippen LogP contribution >= 0.6 is 0 Å². The molecule has 0 aliphatic carbocycles. The van der Waals surface area contributed by atoms with Crippen molar-refractivity contribution in [2.45, 2.75) is 12.6 Å².